The standard InChI is InChI=1S/C22H27ClN4O4/c1-22(2,3)31-21(28)26-11-14-8-13(9-15(14)12-26)10-24-18-16-6-4-5-7-17(16)25-20(23)19(18)27(29)30/h4-7,13-15H,8-12H2,1-3H3,(H,24,25). The van der Waals surface area contributed by atoms with E-state index in [2.05, 4.69) is 10.3 Å². The van der Waals surface area contributed by atoms with Gasteiger partial charge in [-0.3, -0.25) is 10.1 Å². The fraction of sp³-hybridized carbons (Fsp3) is 0.545. The number of para-hydroxylation sites is 1. The SMILES string of the molecule is CC(C)(C)OC(=O)N1CC2CC(CNc3c([N+](=O)[O-])c(Cl)nc4ccccc34)CC2C1. The maximum atomic E-state index is 12.4. The Kier molecular flexibility index (Phi) is 5.68. The van der Waals surface area contributed by atoms with E-state index in [1.807, 2.05) is 43.9 Å². The number of nitrogens with zero attached hydrogens (tertiary/aromatic N) is 3. The molecule has 0 radical (unpaired) electrons. The summed E-state index contributed by atoms with van der Waals surface area (Å²) >= 11 is 6.13. The minimum absolute atomic E-state index is 0.109. The van der Waals surface area contributed by atoms with Crippen molar-refractivity contribution < 1.29 is 14.5 Å². The first kappa shape index (κ1) is 21.6. The average molecular weight is 447 g/mol. The van der Waals surface area contributed by atoms with E-state index >= 15 is 0 Å². The Morgan fingerprint density at radius 2 is 1.94 bits per heavy atom. The zero-order chi connectivity index (χ0) is 22.3. The second-order valence-corrected chi connectivity index (χ2v) is 9.88. The second kappa shape index (κ2) is 8.15. The molecule has 1 aromatic carbocycles. The Labute approximate surface area is 186 Å². The summed E-state index contributed by atoms with van der Waals surface area (Å²) in [6.07, 6.45) is 1.70. The highest BCUT2D eigenvalue weighted by Crippen LogP contribution is 2.43. The smallest absolute Gasteiger partial charge is 0.410 e. The Morgan fingerprint density at radius 3 is 2.55 bits per heavy atom. The van der Waals surface area contributed by atoms with Gasteiger partial charge in [0.15, 0.2) is 0 Å². The van der Waals surface area contributed by atoms with Gasteiger partial charge in [0.25, 0.3) is 0 Å². The molecule has 166 valence electrons. The monoisotopic (exact) mass is 446 g/mol. The van der Waals surface area contributed by atoms with Crippen LogP contribution in [0.1, 0.15) is 33.6 Å². The number of anilines is 1. The van der Waals surface area contributed by atoms with Gasteiger partial charge in [-0.1, -0.05) is 29.8 Å². The zero-order valence-corrected chi connectivity index (χ0v) is 18.7. The number of carbonyl (C=O) groups is 1. The van der Waals surface area contributed by atoms with E-state index < -0.39 is 10.5 Å². The summed E-state index contributed by atoms with van der Waals surface area (Å²) in [5, 5.41) is 15.5. The van der Waals surface area contributed by atoms with Crippen LogP contribution >= 0.6 is 11.6 Å². The summed E-state index contributed by atoms with van der Waals surface area (Å²) in [5.74, 6) is 1.25. The van der Waals surface area contributed by atoms with Crippen LogP contribution in [-0.2, 0) is 4.74 Å². The van der Waals surface area contributed by atoms with Gasteiger partial charge in [-0.15, -0.1) is 0 Å². The number of halogens is 1. The highest BCUT2D eigenvalue weighted by Gasteiger charge is 2.43. The van der Waals surface area contributed by atoms with Gasteiger partial charge >= 0.3 is 11.8 Å². The van der Waals surface area contributed by atoms with E-state index in [1.165, 1.54) is 0 Å². The number of benzene rings is 1. The summed E-state index contributed by atoms with van der Waals surface area (Å²) in [6, 6.07) is 7.27. The Balaban J connectivity index is 1.43. The molecule has 0 spiro atoms. The minimum atomic E-state index is -0.495. The van der Waals surface area contributed by atoms with Crippen LogP contribution < -0.4 is 5.32 Å². The third-order valence-corrected chi connectivity index (χ3v) is 6.34. The number of rotatable bonds is 4. The topological polar surface area (TPSA) is 97.6 Å². The maximum Gasteiger partial charge on any atom is 0.410 e. The largest absolute Gasteiger partial charge is 0.444 e. The van der Waals surface area contributed by atoms with Gasteiger partial charge in [-0.05, 0) is 57.4 Å². The molecular weight excluding hydrogens is 420 g/mol. The maximum absolute atomic E-state index is 12.4. The number of fused-ring (bicyclic) bond motifs is 2. The third kappa shape index (κ3) is 4.54. The first-order chi connectivity index (χ1) is 14.6. The number of aromatic nitrogens is 1. The zero-order valence-electron chi connectivity index (χ0n) is 17.9. The number of amides is 1. The summed E-state index contributed by atoms with van der Waals surface area (Å²) in [6.45, 7) is 7.65. The quantitative estimate of drug-likeness (QED) is 0.398. The van der Waals surface area contributed by atoms with Gasteiger partial charge in [-0.25, -0.2) is 9.78 Å². The van der Waals surface area contributed by atoms with E-state index in [1.54, 1.807) is 6.07 Å². The fourth-order valence-corrected chi connectivity index (χ4v) is 5.09. The highest BCUT2D eigenvalue weighted by molar-refractivity contribution is 6.33. The number of ether oxygens (including phenoxy) is 1. The van der Waals surface area contributed by atoms with Crippen molar-refractivity contribution in [1.29, 1.82) is 0 Å². The Hall–Kier alpha value is -2.61. The summed E-state index contributed by atoms with van der Waals surface area (Å²) < 4.78 is 5.50. The summed E-state index contributed by atoms with van der Waals surface area (Å²) in [4.78, 5) is 29.5. The number of likely N-dealkylation sites (tertiary alicyclic amines) is 1. The molecule has 1 N–H and O–H groups in total. The third-order valence-electron chi connectivity index (χ3n) is 6.07. The van der Waals surface area contributed by atoms with Crippen molar-refractivity contribution in [1.82, 2.24) is 9.88 Å². The molecule has 2 fully saturated rings. The van der Waals surface area contributed by atoms with Crippen molar-refractivity contribution in [2.24, 2.45) is 17.8 Å². The molecule has 0 bridgehead atoms. The molecule has 2 aromatic rings. The van der Waals surface area contributed by atoms with Gasteiger partial charge in [0.05, 0.1) is 10.4 Å². The molecule has 2 aliphatic rings. The van der Waals surface area contributed by atoms with Crippen molar-refractivity contribution in [3.63, 3.8) is 0 Å². The number of hydrogen-bond donors (Lipinski definition) is 1. The Bertz CT molecular complexity index is 1010. The van der Waals surface area contributed by atoms with E-state index in [0.717, 1.165) is 12.8 Å². The number of nitrogens with one attached hydrogen (secondary N) is 1. The normalized spacial score (nSPS) is 23.1. The first-order valence-electron chi connectivity index (χ1n) is 10.6. The Morgan fingerprint density at radius 1 is 1.29 bits per heavy atom. The number of pyridine rings is 1. The van der Waals surface area contributed by atoms with E-state index in [-0.39, 0.29) is 16.9 Å². The fourth-order valence-electron chi connectivity index (χ4n) is 4.83. The van der Waals surface area contributed by atoms with Crippen molar-refractivity contribution in [3.8, 4) is 0 Å². The van der Waals surface area contributed by atoms with Crippen LogP contribution in [0, 0.1) is 27.9 Å². The van der Waals surface area contributed by atoms with Crippen LogP contribution in [0.15, 0.2) is 24.3 Å². The molecule has 1 aromatic heterocycles. The van der Waals surface area contributed by atoms with Gasteiger partial charge in [-0.2, -0.15) is 0 Å². The lowest BCUT2D eigenvalue weighted by Gasteiger charge is -2.25. The minimum Gasteiger partial charge on any atom is -0.444 e. The predicted octanol–water partition coefficient (Wildman–Crippen LogP) is 5.10. The van der Waals surface area contributed by atoms with Crippen molar-refractivity contribution in [2.45, 2.75) is 39.2 Å². The van der Waals surface area contributed by atoms with E-state index in [4.69, 9.17) is 16.3 Å². The van der Waals surface area contributed by atoms with Crippen LogP contribution in [0.2, 0.25) is 5.15 Å². The molecule has 1 saturated heterocycles. The van der Waals surface area contributed by atoms with Gasteiger partial charge in [0.1, 0.15) is 11.3 Å². The lowest BCUT2D eigenvalue weighted by atomic mass is 10.0. The molecule has 9 heteroatoms. The van der Waals surface area contributed by atoms with Crippen LogP contribution in [-0.4, -0.2) is 46.1 Å². The molecule has 1 aliphatic carbocycles. The van der Waals surface area contributed by atoms with Gasteiger partial charge < -0.3 is 15.0 Å². The van der Waals surface area contributed by atoms with Gasteiger partial charge in [0, 0.05) is 25.0 Å². The molecule has 8 nitrogen and oxygen atoms in total. The lowest BCUT2D eigenvalue weighted by Crippen LogP contribution is -2.36. The lowest BCUT2D eigenvalue weighted by molar-refractivity contribution is -0.384. The van der Waals surface area contributed by atoms with Crippen LogP contribution in [0.3, 0.4) is 0 Å². The van der Waals surface area contributed by atoms with E-state index in [9.17, 15) is 14.9 Å². The molecule has 2 unspecified atom stereocenters. The molecule has 2 atom stereocenters. The number of carbonyl (C=O) groups excluding carboxylic acids is 1. The van der Waals surface area contributed by atoms with Crippen molar-refractivity contribution in [3.05, 3.63) is 39.5 Å². The van der Waals surface area contributed by atoms with Gasteiger partial charge in [0.2, 0.25) is 5.15 Å². The summed E-state index contributed by atoms with van der Waals surface area (Å²) in [5.41, 5.74) is 0.365. The van der Waals surface area contributed by atoms with Crippen LogP contribution in [0.25, 0.3) is 10.9 Å². The van der Waals surface area contributed by atoms with Crippen molar-refractivity contribution in [2.75, 3.05) is 25.0 Å². The molecule has 1 amide bonds. The molecule has 4 rings (SSSR count). The first-order valence-corrected chi connectivity index (χ1v) is 10.9. The number of nitro groups is 1. The number of hydrogen-bond acceptors (Lipinski definition) is 6. The highest BCUT2D eigenvalue weighted by atomic mass is 35.5. The van der Waals surface area contributed by atoms with Crippen LogP contribution in [0.4, 0.5) is 16.2 Å². The van der Waals surface area contributed by atoms with E-state index in [0.29, 0.717) is 54.0 Å². The molecule has 1 aliphatic heterocycles. The molecule has 2 heterocycles. The molecule has 31 heavy (non-hydrogen) atoms. The second-order valence-electron chi connectivity index (χ2n) is 9.52. The predicted molar refractivity (Wildman–Crippen MR) is 119 cm³/mol. The van der Waals surface area contributed by atoms with Crippen LogP contribution in [0.5, 0.6) is 0 Å². The van der Waals surface area contributed by atoms with Crippen molar-refractivity contribution >= 4 is 40.0 Å². The molecular formula is C22H27ClN4O4. The molecule has 1 saturated carbocycles. The average Bonchev–Trinajstić information content (AvgIpc) is 3.22. The summed E-state index contributed by atoms with van der Waals surface area (Å²) in [7, 11) is 0.